The normalized spacial score (nSPS) is 11.6. The second kappa shape index (κ2) is 6.01. The molecule has 1 aromatic heterocycles. The van der Waals surface area contributed by atoms with Crippen LogP contribution in [0.3, 0.4) is 0 Å². The van der Waals surface area contributed by atoms with E-state index >= 15 is 0 Å². The molecule has 0 atom stereocenters. The van der Waals surface area contributed by atoms with Crippen molar-refractivity contribution in [3.05, 3.63) is 36.3 Å². The number of fused-ring (bicyclic) bond motifs is 1. The summed E-state index contributed by atoms with van der Waals surface area (Å²) < 4.78 is 15.2. The van der Waals surface area contributed by atoms with Gasteiger partial charge in [-0.05, 0) is 49.7 Å². The van der Waals surface area contributed by atoms with E-state index < -0.39 is 0 Å². The number of benzene rings is 1. The predicted octanol–water partition coefficient (Wildman–Crippen LogP) is 3.42. The summed E-state index contributed by atoms with van der Waals surface area (Å²) in [6, 6.07) is 6.94. The van der Waals surface area contributed by atoms with Crippen molar-refractivity contribution in [2.24, 2.45) is 5.92 Å². The van der Waals surface area contributed by atoms with E-state index in [1.54, 1.807) is 6.07 Å². The Hall–Kier alpha value is -1.35. The van der Waals surface area contributed by atoms with Crippen LogP contribution in [0.25, 0.3) is 10.9 Å². The Labute approximate surface area is 108 Å². The van der Waals surface area contributed by atoms with Gasteiger partial charge in [0.15, 0.2) is 0 Å². The fourth-order valence-corrected chi connectivity index (χ4v) is 2.13. The number of nitrogens with zero attached hydrogens (tertiary/aromatic N) is 1. The minimum absolute atomic E-state index is 0.168. The van der Waals surface area contributed by atoms with E-state index in [9.17, 15) is 4.39 Å². The zero-order chi connectivity index (χ0) is 13.0. The van der Waals surface area contributed by atoms with Gasteiger partial charge in [-0.1, -0.05) is 13.8 Å². The topological polar surface area (TPSA) is 17.0 Å². The molecule has 0 saturated carbocycles. The lowest BCUT2D eigenvalue weighted by Gasteiger charge is -2.08. The van der Waals surface area contributed by atoms with Gasteiger partial charge in [-0.2, -0.15) is 0 Å². The zero-order valence-corrected chi connectivity index (χ0v) is 11.1. The molecule has 2 rings (SSSR count). The Kier molecular flexibility index (Phi) is 4.37. The van der Waals surface area contributed by atoms with Crippen LogP contribution in [0.15, 0.2) is 30.5 Å². The van der Waals surface area contributed by atoms with Gasteiger partial charge in [0, 0.05) is 23.6 Å². The molecule has 0 spiro atoms. The summed E-state index contributed by atoms with van der Waals surface area (Å²) in [6.45, 7) is 7.49. The molecule has 0 amide bonds. The van der Waals surface area contributed by atoms with E-state index in [0.29, 0.717) is 5.92 Å². The van der Waals surface area contributed by atoms with Crippen LogP contribution in [0, 0.1) is 11.7 Å². The first kappa shape index (κ1) is 13.1. The third-order valence-electron chi connectivity index (χ3n) is 3.04. The summed E-state index contributed by atoms with van der Waals surface area (Å²) in [4.78, 5) is 0. The second-order valence-corrected chi connectivity index (χ2v) is 5.16. The Bertz CT molecular complexity index is 502. The smallest absolute Gasteiger partial charge is 0.123 e. The van der Waals surface area contributed by atoms with E-state index in [2.05, 4.69) is 23.7 Å². The zero-order valence-electron chi connectivity index (χ0n) is 11.1. The van der Waals surface area contributed by atoms with Crippen LogP contribution in [0.5, 0.6) is 0 Å². The van der Waals surface area contributed by atoms with Gasteiger partial charge in [-0.25, -0.2) is 4.39 Å². The number of hydrogen-bond acceptors (Lipinski definition) is 1. The molecule has 0 unspecified atom stereocenters. The standard InChI is InChI=1S/C15H21FN2/c1-12(2)11-17-7-3-8-18-9-6-13-10-14(16)4-5-15(13)18/h4-6,9-10,12,17H,3,7-8,11H2,1-2H3. The SMILES string of the molecule is CC(C)CNCCCn1ccc2cc(F)ccc21. The first-order valence-electron chi connectivity index (χ1n) is 6.62. The summed E-state index contributed by atoms with van der Waals surface area (Å²) in [7, 11) is 0. The van der Waals surface area contributed by atoms with Crippen LogP contribution in [0.1, 0.15) is 20.3 Å². The fourth-order valence-electron chi connectivity index (χ4n) is 2.13. The van der Waals surface area contributed by atoms with Crippen LogP contribution in [-0.4, -0.2) is 17.7 Å². The van der Waals surface area contributed by atoms with Crippen molar-refractivity contribution in [1.82, 2.24) is 9.88 Å². The number of nitrogens with one attached hydrogen (secondary N) is 1. The highest BCUT2D eigenvalue weighted by atomic mass is 19.1. The summed E-state index contributed by atoms with van der Waals surface area (Å²) >= 11 is 0. The predicted molar refractivity (Wildman–Crippen MR) is 74.2 cm³/mol. The van der Waals surface area contributed by atoms with Crippen molar-refractivity contribution in [2.75, 3.05) is 13.1 Å². The minimum atomic E-state index is -0.168. The summed E-state index contributed by atoms with van der Waals surface area (Å²) in [5, 5.41) is 4.41. The highest BCUT2D eigenvalue weighted by Crippen LogP contribution is 2.17. The molecule has 1 heterocycles. The molecule has 0 aliphatic carbocycles. The second-order valence-electron chi connectivity index (χ2n) is 5.16. The van der Waals surface area contributed by atoms with Gasteiger partial charge in [0.05, 0.1) is 0 Å². The molecule has 1 aromatic carbocycles. The third kappa shape index (κ3) is 3.33. The number of aryl methyl sites for hydroxylation is 1. The third-order valence-corrected chi connectivity index (χ3v) is 3.04. The van der Waals surface area contributed by atoms with Crippen molar-refractivity contribution in [3.8, 4) is 0 Å². The average molecular weight is 248 g/mol. The molecule has 0 radical (unpaired) electrons. The molecule has 0 bridgehead atoms. The van der Waals surface area contributed by atoms with Crippen LogP contribution in [-0.2, 0) is 6.54 Å². The van der Waals surface area contributed by atoms with E-state index in [1.807, 2.05) is 18.3 Å². The first-order valence-corrected chi connectivity index (χ1v) is 6.62. The number of halogens is 1. The van der Waals surface area contributed by atoms with Crippen LogP contribution in [0.2, 0.25) is 0 Å². The summed E-state index contributed by atoms with van der Waals surface area (Å²) in [5.41, 5.74) is 1.11. The lowest BCUT2D eigenvalue weighted by Crippen LogP contribution is -2.21. The number of aromatic nitrogens is 1. The molecule has 1 N–H and O–H groups in total. The average Bonchev–Trinajstić information content (AvgIpc) is 2.70. The maximum absolute atomic E-state index is 13.1. The molecule has 0 fully saturated rings. The van der Waals surface area contributed by atoms with Crippen molar-refractivity contribution < 1.29 is 4.39 Å². The Morgan fingerprint density at radius 2 is 2.11 bits per heavy atom. The first-order chi connectivity index (χ1) is 8.66. The van der Waals surface area contributed by atoms with Gasteiger partial charge >= 0.3 is 0 Å². The van der Waals surface area contributed by atoms with Crippen LogP contribution >= 0.6 is 0 Å². The van der Waals surface area contributed by atoms with E-state index in [0.717, 1.165) is 37.0 Å². The van der Waals surface area contributed by atoms with Crippen LogP contribution < -0.4 is 5.32 Å². The minimum Gasteiger partial charge on any atom is -0.347 e. The Balaban J connectivity index is 1.88. The Morgan fingerprint density at radius 3 is 2.89 bits per heavy atom. The van der Waals surface area contributed by atoms with E-state index in [1.165, 1.54) is 6.07 Å². The molecule has 0 aliphatic heterocycles. The number of hydrogen-bond donors (Lipinski definition) is 1. The van der Waals surface area contributed by atoms with Crippen molar-refractivity contribution in [1.29, 1.82) is 0 Å². The molecular formula is C15H21FN2. The molecule has 3 heteroatoms. The monoisotopic (exact) mass is 248 g/mol. The van der Waals surface area contributed by atoms with E-state index in [4.69, 9.17) is 0 Å². The van der Waals surface area contributed by atoms with E-state index in [-0.39, 0.29) is 5.82 Å². The largest absolute Gasteiger partial charge is 0.347 e. The number of rotatable bonds is 6. The van der Waals surface area contributed by atoms with Crippen molar-refractivity contribution in [3.63, 3.8) is 0 Å². The molecule has 0 aliphatic rings. The molecule has 18 heavy (non-hydrogen) atoms. The quantitative estimate of drug-likeness (QED) is 0.775. The highest BCUT2D eigenvalue weighted by molar-refractivity contribution is 5.80. The van der Waals surface area contributed by atoms with Gasteiger partial charge in [-0.3, -0.25) is 0 Å². The Morgan fingerprint density at radius 1 is 1.28 bits per heavy atom. The van der Waals surface area contributed by atoms with Gasteiger partial charge < -0.3 is 9.88 Å². The maximum Gasteiger partial charge on any atom is 0.123 e. The maximum atomic E-state index is 13.1. The fraction of sp³-hybridized carbons (Fsp3) is 0.467. The van der Waals surface area contributed by atoms with Gasteiger partial charge in [-0.15, -0.1) is 0 Å². The van der Waals surface area contributed by atoms with Gasteiger partial charge in [0.1, 0.15) is 5.82 Å². The molecule has 0 saturated heterocycles. The van der Waals surface area contributed by atoms with Crippen molar-refractivity contribution >= 4 is 10.9 Å². The molecule has 2 nitrogen and oxygen atoms in total. The van der Waals surface area contributed by atoms with Gasteiger partial charge in [0.2, 0.25) is 0 Å². The lowest BCUT2D eigenvalue weighted by molar-refractivity contribution is 0.525. The lowest BCUT2D eigenvalue weighted by atomic mass is 10.2. The molecule has 98 valence electrons. The highest BCUT2D eigenvalue weighted by Gasteiger charge is 2.01. The van der Waals surface area contributed by atoms with Crippen LogP contribution in [0.4, 0.5) is 4.39 Å². The van der Waals surface area contributed by atoms with Gasteiger partial charge in [0.25, 0.3) is 0 Å². The summed E-state index contributed by atoms with van der Waals surface area (Å²) in [6.07, 6.45) is 3.13. The molecule has 2 aromatic rings. The molecular weight excluding hydrogens is 227 g/mol. The summed E-state index contributed by atoms with van der Waals surface area (Å²) in [5.74, 6) is 0.527. The van der Waals surface area contributed by atoms with Crippen molar-refractivity contribution in [2.45, 2.75) is 26.8 Å².